The molecule has 1 atom stereocenters. The van der Waals surface area contributed by atoms with Crippen molar-refractivity contribution in [3.63, 3.8) is 0 Å². The van der Waals surface area contributed by atoms with Gasteiger partial charge in [-0.1, -0.05) is 18.2 Å². The molecule has 3 aromatic rings. The molecule has 0 aliphatic carbocycles. The Labute approximate surface area is 163 Å². The molecule has 4 rings (SSSR count). The highest BCUT2D eigenvalue weighted by Crippen LogP contribution is 2.26. The maximum atomic E-state index is 13.5. The van der Waals surface area contributed by atoms with Crippen molar-refractivity contribution in [3.05, 3.63) is 52.5 Å². The van der Waals surface area contributed by atoms with E-state index in [0.717, 1.165) is 4.57 Å². The van der Waals surface area contributed by atoms with Crippen LogP contribution in [0.1, 0.15) is 34.9 Å². The molecule has 1 aromatic carbocycles. The van der Waals surface area contributed by atoms with Gasteiger partial charge in [0.1, 0.15) is 12.6 Å². The summed E-state index contributed by atoms with van der Waals surface area (Å²) in [5.41, 5.74) is 0.683. The highest BCUT2D eigenvalue weighted by molar-refractivity contribution is 7.12. The predicted octanol–water partition coefficient (Wildman–Crippen LogP) is 3.84. The van der Waals surface area contributed by atoms with Crippen molar-refractivity contribution in [1.82, 2.24) is 14.5 Å². The molecule has 0 unspecified atom stereocenters. The van der Waals surface area contributed by atoms with E-state index < -0.39 is 18.6 Å². The smallest absolute Gasteiger partial charge is 0.329 e. The van der Waals surface area contributed by atoms with Crippen molar-refractivity contribution in [2.75, 3.05) is 6.54 Å². The van der Waals surface area contributed by atoms with Gasteiger partial charge in [0.25, 0.3) is 5.91 Å². The summed E-state index contributed by atoms with van der Waals surface area (Å²) in [6.07, 6.45) is 1.17. The van der Waals surface area contributed by atoms with E-state index in [4.69, 9.17) is 4.74 Å². The lowest BCUT2D eigenvalue weighted by atomic mass is 10.2. The number of thiophene rings is 1. The predicted molar refractivity (Wildman–Crippen MR) is 99.2 cm³/mol. The van der Waals surface area contributed by atoms with Crippen LogP contribution in [0.4, 0.5) is 8.78 Å². The van der Waals surface area contributed by atoms with Crippen LogP contribution in [0, 0.1) is 0 Å². The number of hydrogen-bond donors (Lipinski definition) is 0. The van der Waals surface area contributed by atoms with Crippen LogP contribution in [0.5, 0.6) is 0 Å². The monoisotopic (exact) mass is 405 g/mol. The molecule has 1 aliphatic heterocycles. The summed E-state index contributed by atoms with van der Waals surface area (Å²) >= 11 is 1.31. The van der Waals surface area contributed by atoms with E-state index in [1.165, 1.54) is 22.3 Å². The molecular formula is C19H17F2N3O3S. The molecule has 0 radical (unpaired) electrons. The molecule has 3 heterocycles. The molecule has 6 nitrogen and oxygen atoms in total. The number of carbonyl (C=O) groups excluding carboxylic acids is 2. The first-order chi connectivity index (χ1) is 13.6. The van der Waals surface area contributed by atoms with Gasteiger partial charge in [0.05, 0.1) is 15.9 Å². The zero-order chi connectivity index (χ0) is 19.7. The summed E-state index contributed by atoms with van der Waals surface area (Å²) in [5, 5.41) is 1.80. The highest BCUT2D eigenvalue weighted by atomic mass is 32.1. The number of para-hydroxylation sites is 2. The number of ether oxygens (including phenoxy) is 1. The molecule has 0 spiro atoms. The van der Waals surface area contributed by atoms with Gasteiger partial charge >= 0.3 is 12.5 Å². The van der Waals surface area contributed by atoms with Crippen molar-refractivity contribution >= 4 is 34.2 Å². The number of hydrogen-bond acceptors (Lipinski definition) is 5. The van der Waals surface area contributed by atoms with Crippen LogP contribution in [0.25, 0.3) is 11.0 Å². The number of fused-ring (bicyclic) bond motifs is 1. The van der Waals surface area contributed by atoms with Gasteiger partial charge in [0.15, 0.2) is 5.82 Å². The highest BCUT2D eigenvalue weighted by Gasteiger charge is 2.36. The van der Waals surface area contributed by atoms with Crippen LogP contribution < -0.4 is 0 Å². The van der Waals surface area contributed by atoms with Crippen molar-refractivity contribution < 1.29 is 23.1 Å². The first kappa shape index (κ1) is 18.5. The zero-order valence-corrected chi connectivity index (χ0v) is 15.6. The maximum Gasteiger partial charge on any atom is 0.329 e. The molecule has 1 saturated heterocycles. The van der Waals surface area contributed by atoms with Crippen LogP contribution in [-0.2, 0) is 16.1 Å². The van der Waals surface area contributed by atoms with Crippen molar-refractivity contribution in [1.29, 1.82) is 0 Å². The number of aromatic nitrogens is 2. The molecule has 146 valence electrons. The van der Waals surface area contributed by atoms with E-state index in [-0.39, 0.29) is 23.9 Å². The minimum atomic E-state index is -2.80. The third kappa shape index (κ3) is 3.37. The summed E-state index contributed by atoms with van der Waals surface area (Å²) in [4.78, 5) is 31.3. The Hall–Kier alpha value is -2.81. The fourth-order valence-corrected chi connectivity index (χ4v) is 4.12. The molecule has 0 N–H and O–H groups in total. The second kappa shape index (κ2) is 7.67. The van der Waals surface area contributed by atoms with Gasteiger partial charge in [0, 0.05) is 6.54 Å². The number of esters is 1. The lowest BCUT2D eigenvalue weighted by Gasteiger charge is -2.22. The van der Waals surface area contributed by atoms with Gasteiger partial charge in [-0.2, -0.15) is 8.78 Å². The second-order valence-corrected chi connectivity index (χ2v) is 7.35. The van der Waals surface area contributed by atoms with E-state index in [9.17, 15) is 18.4 Å². The van der Waals surface area contributed by atoms with E-state index in [1.807, 2.05) is 0 Å². The molecule has 0 bridgehead atoms. The number of benzene rings is 1. The largest absolute Gasteiger partial charge is 0.456 e. The van der Waals surface area contributed by atoms with Crippen LogP contribution in [-0.4, -0.2) is 38.9 Å². The van der Waals surface area contributed by atoms with E-state index in [0.29, 0.717) is 29.8 Å². The minimum Gasteiger partial charge on any atom is -0.456 e. The topological polar surface area (TPSA) is 64.4 Å². The Morgan fingerprint density at radius 2 is 2.07 bits per heavy atom. The first-order valence-corrected chi connectivity index (χ1v) is 9.69. The average Bonchev–Trinajstić information content (AvgIpc) is 3.44. The number of nitrogens with zero attached hydrogens (tertiary/aromatic N) is 3. The number of carbonyl (C=O) groups is 2. The van der Waals surface area contributed by atoms with Crippen molar-refractivity contribution in [2.24, 2.45) is 0 Å². The molecular weight excluding hydrogens is 388 g/mol. The summed E-state index contributed by atoms with van der Waals surface area (Å²) in [5.74, 6) is -0.844. The standard InChI is InChI=1S/C19H17F2N3O3S/c20-19(21)24-13-6-2-1-5-12(13)22-16(24)11-27-18(26)14-7-3-9-23(14)17(25)15-8-4-10-28-15/h1-2,4-6,8,10,14,19H,3,7,9,11H2/t14-/m0/s1. The van der Waals surface area contributed by atoms with E-state index >= 15 is 0 Å². The number of rotatable bonds is 5. The average molecular weight is 405 g/mol. The van der Waals surface area contributed by atoms with Crippen LogP contribution >= 0.6 is 11.3 Å². The Morgan fingerprint density at radius 1 is 1.25 bits per heavy atom. The minimum absolute atomic E-state index is 0.0290. The fourth-order valence-electron chi connectivity index (χ4n) is 3.44. The number of likely N-dealkylation sites (tertiary alicyclic amines) is 1. The number of imidazole rings is 1. The molecule has 2 aromatic heterocycles. The number of halogens is 2. The van der Waals surface area contributed by atoms with E-state index in [2.05, 4.69) is 4.98 Å². The SMILES string of the molecule is O=C(OCc1nc2ccccc2n1C(F)F)[C@@H]1CCCN1C(=O)c1cccs1. The normalized spacial score (nSPS) is 16.8. The Balaban J connectivity index is 1.49. The van der Waals surface area contributed by atoms with Crippen molar-refractivity contribution in [3.8, 4) is 0 Å². The van der Waals surface area contributed by atoms with Gasteiger partial charge in [-0.3, -0.25) is 9.36 Å². The second-order valence-electron chi connectivity index (χ2n) is 6.41. The lowest BCUT2D eigenvalue weighted by Crippen LogP contribution is -2.41. The summed E-state index contributed by atoms with van der Waals surface area (Å²) < 4.78 is 33.0. The van der Waals surface area contributed by atoms with E-state index in [1.54, 1.807) is 35.7 Å². The summed E-state index contributed by atoms with van der Waals surface area (Å²) in [6, 6.07) is 9.28. The maximum absolute atomic E-state index is 13.5. The van der Waals surface area contributed by atoms with Crippen LogP contribution in [0.3, 0.4) is 0 Å². The summed E-state index contributed by atoms with van der Waals surface area (Å²) in [7, 11) is 0. The summed E-state index contributed by atoms with van der Waals surface area (Å²) in [6.45, 7) is -2.72. The van der Waals surface area contributed by atoms with Crippen molar-refractivity contribution in [2.45, 2.75) is 32.0 Å². The Bertz CT molecular complexity index is 1000. The third-order valence-electron chi connectivity index (χ3n) is 4.73. The number of alkyl halides is 2. The molecule has 1 aliphatic rings. The van der Waals surface area contributed by atoms with Crippen LogP contribution in [0.2, 0.25) is 0 Å². The van der Waals surface area contributed by atoms with Gasteiger partial charge in [-0.05, 0) is 36.4 Å². The molecule has 1 fully saturated rings. The first-order valence-electron chi connectivity index (χ1n) is 8.81. The molecule has 0 saturated carbocycles. The van der Waals surface area contributed by atoms with Crippen LogP contribution in [0.15, 0.2) is 41.8 Å². The van der Waals surface area contributed by atoms with Gasteiger partial charge < -0.3 is 9.64 Å². The quantitative estimate of drug-likeness (QED) is 0.605. The zero-order valence-electron chi connectivity index (χ0n) is 14.8. The molecule has 28 heavy (non-hydrogen) atoms. The number of amides is 1. The third-order valence-corrected chi connectivity index (χ3v) is 5.58. The Kier molecular flexibility index (Phi) is 5.08. The molecule has 9 heteroatoms. The fraction of sp³-hybridized carbons (Fsp3) is 0.316. The van der Waals surface area contributed by atoms with Gasteiger partial charge in [-0.15, -0.1) is 11.3 Å². The van der Waals surface area contributed by atoms with Gasteiger partial charge in [0.2, 0.25) is 0 Å². The lowest BCUT2D eigenvalue weighted by molar-refractivity contribution is -0.150. The molecule has 1 amide bonds. The Morgan fingerprint density at radius 3 is 2.82 bits per heavy atom. The van der Waals surface area contributed by atoms with Gasteiger partial charge in [-0.25, -0.2) is 9.78 Å².